The third kappa shape index (κ3) is 6.10. The summed E-state index contributed by atoms with van der Waals surface area (Å²) in [6.45, 7) is 4.18. The number of nitrogens with one attached hydrogen (secondary N) is 1. The first-order valence-corrected chi connectivity index (χ1v) is 5.57. The van der Waals surface area contributed by atoms with Gasteiger partial charge in [-0.25, -0.2) is 0 Å². The van der Waals surface area contributed by atoms with Crippen LogP contribution in [0.1, 0.15) is 0 Å². The zero-order chi connectivity index (χ0) is 10.9. The van der Waals surface area contributed by atoms with Gasteiger partial charge in [-0.3, -0.25) is 0 Å². The lowest BCUT2D eigenvalue weighted by Crippen LogP contribution is -3.09. The lowest BCUT2D eigenvalue weighted by atomic mass is 10.3. The lowest BCUT2D eigenvalue weighted by molar-refractivity contribution is -0.874. The maximum absolute atomic E-state index is 5.57. The molecule has 84 valence electrons. The van der Waals surface area contributed by atoms with Gasteiger partial charge in [-0.1, -0.05) is 18.2 Å². The van der Waals surface area contributed by atoms with E-state index in [1.165, 1.54) is 18.0 Å². The molecule has 0 aliphatic carbocycles. The van der Waals surface area contributed by atoms with Crippen LogP contribution in [-0.2, 0) is 0 Å². The van der Waals surface area contributed by atoms with Crippen LogP contribution in [0.5, 0.6) is 5.75 Å². The van der Waals surface area contributed by atoms with Crippen LogP contribution in [0, 0.1) is 0 Å². The van der Waals surface area contributed by atoms with Crippen molar-refractivity contribution in [2.45, 2.75) is 0 Å². The van der Waals surface area contributed by atoms with Gasteiger partial charge in [-0.2, -0.15) is 0 Å². The van der Waals surface area contributed by atoms with Crippen molar-refractivity contribution in [3.05, 3.63) is 30.3 Å². The molecule has 0 saturated carbocycles. The zero-order valence-corrected chi connectivity index (χ0v) is 9.70. The zero-order valence-electron chi connectivity index (χ0n) is 9.70. The van der Waals surface area contributed by atoms with Crippen LogP contribution >= 0.6 is 0 Å². The van der Waals surface area contributed by atoms with Gasteiger partial charge in [0.25, 0.3) is 0 Å². The maximum Gasteiger partial charge on any atom is 0.137 e. The van der Waals surface area contributed by atoms with E-state index < -0.39 is 0 Å². The van der Waals surface area contributed by atoms with E-state index in [9.17, 15) is 0 Å². The number of benzene rings is 1. The number of rotatable bonds is 7. The molecule has 0 aliphatic rings. The highest BCUT2D eigenvalue weighted by molar-refractivity contribution is 5.20. The predicted octanol–water partition coefficient (Wildman–Crippen LogP) is -1.23. The van der Waals surface area contributed by atoms with Gasteiger partial charge < -0.3 is 15.0 Å². The Balaban J connectivity index is 1.98. The normalized spacial score (nSPS) is 10.6. The molecular formula is C12H22N2O+2. The van der Waals surface area contributed by atoms with E-state index in [0.717, 1.165) is 18.9 Å². The monoisotopic (exact) mass is 210 g/mol. The van der Waals surface area contributed by atoms with Crippen molar-refractivity contribution in [3.63, 3.8) is 0 Å². The molecule has 0 aliphatic heterocycles. The fourth-order valence-corrected chi connectivity index (χ4v) is 1.31. The van der Waals surface area contributed by atoms with Crippen LogP contribution in [-0.4, -0.2) is 40.3 Å². The minimum absolute atomic E-state index is 0.784. The van der Waals surface area contributed by atoms with Gasteiger partial charge >= 0.3 is 0 Å². The maximum atomic E-state index is 5.57. The molecule has 0 heterocycles. The van der Waals surface area contributed by atoms with Gasteiger partial charge in [-0.05, 0) is 12.1 Å². The molecule has 3 heteroatoms. The van der Waals surface area contributed by atoms with Gasteiger partial charge in [0, 0.05) is 0 Å². The Labute approximate surface area is 92.0 Å². The summed E-state index contributed by atoms with van der Waals surface area (Å²) in [6.07, 6.45) is 0. The lowest BCUT2D eigenvalue weighted by Gasteiger charge is -2.07. The van der Waals surface area contributed by atoms with Crippen LogP contribution in [0.25, 0.3) is 0 Å². The summed E-state index contributed by atoms with van der Waals surface area (Å²) >= 11 is 0. The molecule has 0 saturated heterocycles. The molecule has 15 heavy (non-hydrogen) atoms. The number of hydrogen-bond donors (Lipinski definition) is 2. The summed E-state index contributed by atoms with van der Waals surface area (Å²) in [5.41, 5.74) is 0. The molecule has 0 bridgehead atoms. The summed E-state index contributed by atoms with van der Waals surface area (Å²) in [5.74, 6) is 0.962. The first-order chi connectivity index (χ1) is 7.29. The predicted molar refractivity (Wildman–Crippen MR) is 61.3 cm³/mol. The second kappa shape index (κ2) is 7.26. The molecule has 1 aromatic carbocycles. The Morgan fingerprint density at radius 2 is 1.87 bits per heavy atom. The minimum atomic E-state index is 0.784. The Hall–Kier alpha value is -1.06. The first-order valence-electron chi connectivity index (χ1n) is 5.57. The van der Waals surface area contributed by atoms with Crippen LogP contribution in [0.4, 0.5) is 0 Å². The largest absolute Gasteiger partial charge is 0.488 e. The topological polar surface area (TPSA) is 30.3 Å². The van der Waals surface area contributed by atoms with Crippen LogP contribution in [0.3, 0.4) is 0 Å². The van der Waals surface area contributed by atoms with Gasteiger partial charge in [0.2, 0.25) is 0 Å². The molecule has 0 radical (unpaired) electrons. The van der Waals surface area contributed by atoms with E-state index >= 15 is 0 Å². The van der Waals surface area contributed by atoms with Gasteiger partial charge in [-0.15, -0.1) is 0 Å². The van der Waals surface area contributed by atoms with Crippen molar-refractivity contribution >= 4 is 0 Å². The van der Waals surface area contributed by atoms with Crippen molar-refractivity contribution < 1.29 is 15.0 Å². The van der Waals surface area contributed by atoms with Crippen molar-refractivity contribution in [1.29, 1.82) is 0 Å². The third-order valence-corrected chi connectivity index (χ3v) is 2.18. The van der Waals surface area contributed by atoms with E-state index in [2.05, 4.69) is 19.4 Å². The molecule has 0 unspecified atom stereocenters. The average Bonchev–Trinajstić information content (AvgIpc) is 2.24. The number of likely N-dealkylation sites (N-methyl/N-ethyl adjacent to an activating group) is 1. The molecule has 0 atom stereocenters. The molecular weight excluding hydrogens is 188 g/mol. The smallest absolute Gasteiger partial charge is 0.137 e. The highest BCUT2D eigenvalue weighted by atomic mass is 16.5. The average molecular weight is 210 g/mol. The highest BCUT2D eigenvalue weighted by Gasteiger charge is 1.96. The van der Waals surface area contributed by atoms with Crippen molar-refractivity contribution in [2.24, 2.45) is 0 Å². The summed E-state index contributed by atoms with van der Waals surface area (Å²) in [6, 6.07) is 9.97. The Morgan fingerprint density at radius 3 is 2.53 bits per heavy atom. The van der Waals surface area contributed by atoms with E-state index in [0.29, 0.717) is 0 Å². The van der Waals surface area contributed by atoms with E-state index in [1.54, 1.807) is 0 Å². The summed E-state index contributed by atoms with van der Waals surface area (Å²) in [4.78, 5) is 1.50. The van der Waals surface area contributed by atoms with Crippen LogP contribution < -0.4 is 15.0 Å². The second-order valence-electron chi connectivity index (χ2n) is 3.98. The molecule has 0 amide bonds. The number of ether oxygens (including phenoxy) is 1. The van der Waals surface area contributed by atoms with E-state index in [4.69, 9.17) is 4.74 Å². The molecule has 1 rings (SSSR count). The number of para-hydroxylation sites is 1. The standard InChI is InChI=1S/C12H20N2O/c1-14(2)10-8-13-9-11-15-12-6-4-3-5-7-12/h3-7,13H,8-11H2,1-2H3/p+2. The number of quaternary nitrogens is 2. The quantitative estimate of drug-likeness (QED) is 0.543. The third-order valence-electron chi connectivity index (χ3n) is 2.18. The molecule has 1 aromatic rings. The van der Waals surface area contributed by atoms with Crippen molar-refractivity contribution in [2.75, 3.05) is 40.3 Å². The van der Waals surface area contributed by atoms with Crippen molar-refractivity contribution in [1.82, 2.24) is 0 Å². The second-order valence-corrected chi connectivity index (χ2v) is 3.98. The molecule has 0 fully saturated rings. The number of nitrogens with two attached hydrogens (primary N) is 1. The van der Waals surface area contributed by atoms with Gasteiger partial charge in [0.1, 0.15) is 32.0 Å². The fraction of sp³-hybridized carbons (Fsp3) is 0.500. The fourth-order valence-electron chi connectivity index (χ4n) is 1.31. The van der Waals surface area contributed by atoms with E-state index in [-0.39, 0.29) is 0 Å². The van der Waals surface area contributed by atoms with Crippen LogP contribution in [0.2, 0.25) is 0 Å². The highest BCUT2D eigenvalue weighted by Crippen LogP contribution is 2.06. The van der Waals surface area contributed by atoms with Gasteiger partial charge in [0.05, 0.1) is 14.1 Å². The van der Waals surface area contributed by atoms with Gasteiger partial charge in [0.15, 0.2) is 0 Å². The molecule has 0 spiro atoms. The summed E-state index contributed by atoms with van der Waals surface area (Å²) in [7, 11) is 4.35. The minimum Gasteiger partial charge on any atom is -0.488 e. The molecule has 0 aromatic heterocycles. The Morgan fingerprint density at radius 1 is 1.13 bits per heavy atom. The Bertz CT molecular complexity index is 249. The number of hydrogen-bond acceptors (Lipinski definition) is 1. The van der Waals surface area contributed by atoms with Crippen LogP contribution in [0.15, 0.2) is 30.3 Å². The van der Waals surface area contributed by atoms with Crippen molar-refractivity contribution in [3.8, 4) is 5.75 Å². The molecule has 3 N–H and O–H groups in total. The summed E-state index contributed by atoms with van der Waals surface area (Å²) in [5, 5.41) is 2.30. The SMILES string of the molecule is C[NH+](C)CC[NH2+]CCOc1ccccc1. The molecule has 3 nitrogen and oxygen atoms in total. The summed E-state index contributed by atoms with van der Waals surface area (Å²) < 4.78 is 5.57. The first kappa shape index (κ1) is 12.0. The van der Waals surface area contributed by atoms with E-state index in [1.807, 2.05) is 30.3 Å². The Kier molecular flexibility index (Phi) is 5.81.